The van der Waals surface area contributed by atoms with E-state index in [1.807, 2.05) is 0 Å². The van der Waals surface area contributed by atoms with Gasteiger partial charge in [0.15, 0.2) is 11.6 Å². The molecule has 0 spiro atoms. The van der Waals surface area contributed by atoms with Crippen LogP contribution in [0.25, 0.3) is 0 Å². The zero-order chi connectivity index (χ0) is 13.2. The molecule has 0 aliphatic rings. The SMILES string of the molecule is CC(CC(=O)O)(C(=O)O)c1ccc(F)c(F)c1. The molecule has 1 rings (SSSR count). The minimum Gasteiger partial charge on any atom is -0.481 e. The zero-order valence-corrected chi connectivity index (χ0v) is 8.91. The molecule has 0 aromatic heterocycles. The molecular formula is C11H10F2O4. The first-order valence-electron chi connectivity index (χ1n) is 4.68. The fourth-order valence-corrected chi connectivity index (χ4v) is 1.44. The van der Waals surface area contributed by atoms with Crippen molar-refractivity contribution in [3.05, 3.63) is 35.4 Å². The summed E-state index contributed by atoms with van der Waals surface area (Å²) in [5.41, 5.74) is -1.88. The molecule has 6 heteroatoms. The first kappa shape index (κ1) is 13.1. The van der Waals surface area contributed by atoms with Gasteiger partial charge in [-0.2, -0.15) is 0 Å². The van der Waals surface area contributed by atoms with Crippen molar-refractivity contribution in [3.63, 3.8) is 0 Å². The van der Waals surface area contributed by atoms with Crippen LogP contribution in [0, 0.1) is 11.6 Å². The molecule has 1 aromatic carbocycles. The van der Waals surface area contributed by atoms with E-state index in [0.717, 1.165) is 19.1 Å². The molecule has 0 aliphatic carbocycles. The number of halogens is 2. The molecule has 2 N–H and O–H groups in total. The Kier molecular flexibility index (Phi) is 3.45. The van der Waals surface area contributed by atoms with Crippen molar-refractivity contribution in [2.75, 3.05) is 0 Å². The van der Waals surface area contributed by atoms with E-state index in [4.69, 9.17) is 10.2 Å². The second kappa shape index (κ2) is 4.48. The molecule has 17 heavy (non-hydrogen) atoms. The Balaban J connectivity index is 3.27. The molecule has 1 unspecified atom stereocenters. The topological polar surface area (TPSA) is 74.6 Å². The minimum absolute atomic E-state index is 0.0914. The van der Waals surface area contributed by atoms with E-state index >= 15 is 0 Å². The highest BCUT2D eigenvalue weighted by Gasteiger charge is 2.38. The van der Waals surface area contributed by atoms with Gasteiger partial charge in [-0.25, -0.2) is 8.78 Å². The first-order valence-corrected chi connectivity index (χ1v) is 4.68. The van der Waals surface area contributed by atoms with Crippen LogP contribution in [0.2, 0.25) is 0 Å². The van der Waals surface area contributed by atoms with Crippen LogP contribution in [0.4, 0.5) is 8.78 Å². The van der Waals surface area contributed by atoms with Crippen LogP contribution in [0.3, 0.4) is 0 Å². The third-order valence-electron chi connectivity index (χ3n) is 2.53. The summed E-state index contributed by atoms with van der Waals surface area (Å²) in [5.74, 6) is -5.07. The van der Waals surface area contributed by atoms with Crippen molar-refractivity contribution in [1.82, 2.24) is 0 Å². The maximum absolute atomic E-state index is 13.0. The smallest absolute Gasteiger partial charge is 0.314 e. The summed E-state index contributed by atoms with van der Waals surface area (Å²) < 4.78 is 25.7. The number of hydrogen-bond donors (Lipinski definition) is 2. The molecular weight excluding hydrogens is 234 g/mol. The third-order valence-corrected chi connectivity index (χ3v) is 2.53. The fraction of sp³-hybridized carbons (Fsp3) is 0.273. The maximum Gasteiger partial charge on any atom is 0.314 e. The van der Waals surface area contributed by atoms with E-state index in [0.29, 0.717) is 6.07 Å². The molecule has 0 saturated carbocycles. The number of carbonyl (C=O) groups is 2. The highest BCUT2D eigenvalue weighted by atomic mass is 19.2. The molecule has 0 fully saturated rings. The Morgan fingerprint density at radius 1 is 1.24 bits per heavy atom. The Morgan fingerprint density at radius 2 is 1.82 bits per heavy atom. The van der Waals surface area contributed by atoms with Crippen molar-refractivity contribution in [3.8, 4) is 0 Å². The van der Waals surface area contributed by atoms with Crippen LogP contribution >= 0.6 is 0 Å². The largest absolute Gasteiger partial charge is 0.481 e. The van der Waals surface area contributed by atoms with Gasteiger partial charge in [0, 0.05) is 0 Å². The van der Waals surface area contributed by atoms with Gasteiger partial charge in [-0.3, -0.25) is 9.59 Å². The zero-order valence-electron chi connectivity index (χ0n) is 8.91. The highest BCUT2D eigenvalue weighted by molar-refractivity contribution is 5.86. The fourth-order valence-electron chi connectivity index (χ4n) is 1.44. The molecule has 0 aliphatic heterocycles. The van der Waals surface area contributed by atoms with E-state index in [2.05, 4.69) is 0 Å². The summed E-state index contributed by atoms with van der Waals surface area (Å²) in [7, 11) is 0. The van der Waals surface area contributed by atoms with Crippen LogP contribution in [0.1, 0.15) is 18.9 Å². The second-order valence-corrected chi connectivity index (χ2v) is 3.84. The number of carboxylic acid groups (broad SMARTS) is 2. The average Bonchev–Trinajstić information content (AvgIpc) is 2.20. The monoisotopic (exact) mass is 244 g/mol. The van der Waals surface area contributed by atoms with Crippen molar-refractivity contribution < 1.29 is 28.6 Å². The van der Waals surface area contributed by atoms with Gasteiger partial charge in [-0.1, -0.05) is 6.07 Å². The van der Waals surface area contributed by atoms with Crippen molar-refractivity contribution >= 4 is 11.9 Å². The van der Waals surface area contributed by atoms with E-state index in [1.54, 1.807) is 0 Å². The second-order valence-electron chi connectivity index (χ2n) is 3.84. The van der Waals surface area contributed by atoms with Crippen LogP contribution in [0.5, 0.6) is 0 Å². The Morgan fingerprint density at radius 3 is 2.24 bits per heavy atom. The lowest BCUT2D eigenvalue weighted by molar-refractivity contribution is -0.149. The summed E-state index contributed by atoms with van der Waals surface area (Å²) in [5, 5.41) is 17.7. The Labute approximate surface area is 95.5 Å². The number of benzene rings is 1. The van der Waals surface area contributed by atoms with Crippen LogP contribution in [-0.4, -0.2) is 22.2 Å². The average molecular weight is 244 g/mol. The molecule has 0 bridgehead atoms. The summed E-state index contributed by atoms with van der Waals surface area (Å²) in [6, 6.07) is 2.54. The lowest BCUT2D eigenvalue weighted by Crippen LogP contribution is -2.35. The molecule has 4 nitrogen and oxygen atoms in total. The minimum atomic E-state index is -1.79. The summed E-state index contributed by atoms with van der Waals surface area (Å²) in [4.78, 5) is 21.7. The van der Waals surface area contributed by atoms with Crippen molar-refractivity contribution in [2.45, 2.75) is 18.8 Å². The van der Waals surface area contributed by atoms with Gasteiger partial charge in [0.25, 0.3) is 0 Å². The lowest BCUT2D eigenvalue weighted by atomic mass is 9.79. The summed E-state index contributed by atoms with van der Waals surface area (Å²) >= 11 is 0. The summed E-state index contributed by atoms with van der Waals surface area (Å²) in [6.45, 7) is 1.15. The van der Waals surface area contributed by atoms with E-state index in [1.165, 1.54) is 0 Å². The third kappa shape index (κ3) is 2.58. The quantitative estimate of drug-likeness (QED) is 0.846. The van der Waals surface area contributed by atoms with Gasteiger partial charge in [0.1, 0.15) is 5.41 Å². The molecule has 1 atom stereocenters. The van der Waals surface area contributed by atoms with Gasteiger partial charge < -0.3 is 10.2 Å². The number of carboxylic acids is 2. The standard InChI is InChI=1S/C11H10F2O4/c1-11(10(16)17,5-9(14)15)6-2-3-7(12)8(13)4-6/h2-4H,5H2,1H3,(H,14,15)(H,16,17). The van der Waals surface area contributed by atoms with Crippen LogP contribution in [-0.2, 0) is 15.0 Å². The van der Waals surface area contributed by atoms with E-state index in [9.17, 15) is 18.4 Å². The van der Waals surface area contributed by atoms with Crippen LogP contribution < -0.4 is 0 Å². The molecule has 0 radical (unpaired) electrons. The number of aliphatic carboxylic acids is 2. The van der Waals surface area contributed by atoms with E-state index < -0.39 is 35.4 Å². The Hall–Kier alpha value is -1.98. The predicted octanol–water partition coefficient (Wildman–Crippen LogP) is 1.78. The first-order chi connectivity index (χ1) is 7.77. The van der Waals surface area contributed by atoms with E-state index in [-0.39, 0.29) is 5.56 Å². The van der Waals surface area contributed by atoms with Gasteiger partial charge >= 0.3 is 11.9 Å². The normalized spacial score (nSPS) is 14.1. The lowest BCUT2D eigenvalue weighted by Gasteiger charge is -2.23. The molecule has 0 saturated heterocycles. The summed E-state index contributed by atoms with van der Waals surface area (Å²) in [6.07, 6.45) is -0.715. The van der Waals surface area contributed by atoms with Gasteiger partial charge in [-0.15, -0.1) is 0 Å². The predicted molar refractivity (Wildman–Crippen MR) is 53.6 cm³/mol. The molecule has 92 valence electrons. The molecule has 1 aromatic rings. The van der Waals surface area contributed by atoms with Crippen molar-refractivity contribution in [1.29, 1.82) is 0 Å². The molecule has 0 heterocycles. The molecule has 0 amide bonds. The number of hydrogen-bond acceptors (Lipinski definition) is 2. The number of rotatable bonds is 4. The van der Waals surface area contributed by atoms with Gasteiger partial charge in [0.2, 0.25) is 0 Å². The van der Waals surface area contributed by atoms with Crippen LogP contribution in [0.15, 0.2) is 18.2 Å². The highest BCUT2D eigenvalue weighted by Crippen LogP contribution is 2.29. The van der Waals surface area contributed by atoms with Crippen molar-refractivity contribution in [2.24, 2.45) is 0 Å². The Bertz CT molecular complexity index is 473. The van der Waals surface area contributed by atoms with Gasteiger partial charge in [-0.05, 0) is 24.6 Å². The maximum atomic E-state index is 13.0. The van der Waals surface area contributed by atoms with Gasteiger partial charge in [0.05, 0.1) is 6.42 Å².